The summed E-state index contributed by atoms with van der Waals surface area (Å²) in [5, 5.41) is 0. The molecule has 52 valence electrons. The minimum Gasteiger partial charge on any atom is -0.271 e. The summed E-state index contributed by atoms with van der Waals surface area (Å²) in [7, 11) is 0. The Morgan fingerprint density at radius 2 is 2.11 bits per heavy atom. The smallest absolute Gasteiger partial charge is 0.0241 e. The van der Waals surface area contributed by atoms with Gasteiger partial charge in [0.25, 0.3) is 0 Å². The van der Waals surface area contributed by atoms with Crippen molar-refractivity contribution < 1.29 is 0 Å². The largest absolute Gasteiger partial charge is 0.271 e. The van der Waals surface area contributed by atoms with Crippen LogP contribution in [0.1, 0.15) is 25.7 Å². The van der Waals surface area contributed by atoms with Crippen LogP contribution in [0.3, 0.4) is 0 Å². The van der Waals surface area contributed by atoms with Crippen LogP contribution < -0.4 is 11.3 Å². The zero-order chi connectivity index (χ0) is 6.27. The SMILES string of the molecule is NN[C@H]1C[C@@H]2CC[C@@H]1C2. The zero-order valence-electron chi connectivity index (χ0n) is 5.64. The van der Waals surface area contributed by atoms with Gasteiger partial charge in [-0.2, -0.15) is 0 Å². The van der Waals surface area contributed by atoms with E-state index in [0.717, 1.165) is 11.8 Å². The number of hydrogen-bond donors (Lipinski definition) is 2. The molecule has 3 N–H and O–H groups in total. The van der Waals surface area contributed by atoms with Crippen molar-refractivity contribution in [2.24, 2.45) is 17.7 Å². The fraction of sp³-hybridized carbons (Fsp3) is 1.00. The minimum atomic E-state index is 0.656. The van der Waals surface area contributed by atoms with Crippen LogP contribution in [0, 0.1) is 11.8 Å². The lowest BCUT2D eigenvalue weighted by Crippen LogP contribution is -2.38. The maximum Gasteiger partial charge on any atom is 0.0241 e. The molecule has 3 atom stereocenters. The van der Waals surface area contributed by atoms with Crippen molar-refractivity contribution in [3.8, 4) is 0 Å². The number of nitrogens with two attached hydrogens (primary N) is 1. The molecule has 2 bridgehead atoms. The third kappa shape index (κ3) is 0.775. The fourth-order valence-corrected chi connectivity index (χ4v) is 2.45. The quantitative estimate of drug-likeness (QED) is 0.399. The Morgan fingerprint density at radius 1 is 1.22 bits per heavy atom. The average molecular weight is 126 g/mol. The highest BCUT2D eigenvalue weighted by molar-refractivity contribution is 4.92. The van der Waals surface area contributed by atoms with E-state index >= 15 is 0 Å². The predicted molar refractivity (Wildman–Crippen MR) is 36.6 cm³/mol. The van der Waals surface area contributed by atoms with E-state index in [2.05, 4.69) is 5.43 Å². The molecular formula is C7H14N2. The first-order valence-electron chi connectivity index (χ1n) is 3.86. The second-order valence-electron chi connectivity index (χ2n) is 3.45. The van der Waals surface area contributed by atoms with Crippen LogP contribution in [0.25, 0.3) is 0 Å². The molecule has 0 spiro atoms. The molecule has 0 aromatic heterocycles. The third-order valence-corrected chi connectivity index (χ3v) is 2.95. The topological polar surface area (TPSA) is 38.0 Å². The van der Waals surface area contributed by atoms with Gasteiger partial charge >= 0.3 is 0 Å². The molecule has 0 aromatic rings. The average Bonchev–Trinajstić information content (AvgIpc) is 2.45. The molecule has 0 aromatic carbocycles. The van der Waals surface area contributed by atoms with Gasteiger partial charge in [-0.3, -0.25) is 11.3 Å². The third-order valence-electron chi connectivity index (χ3n) is 2.95. The first-order chi connectivity index (χ1) is 4.40. The van der Waals surface area contributed by atoms with Gasteiger partial charge in [0.05, 0.1) is 0 Å². The number of nitrogens with one attached hydrogen (secondary N) is 1. The van der Waals surface area contributed by atoms with Gasteiger partial charge in [0, 0.05) is 6.04 Å². The number of rotatable bonds is 1. The zero-order valence-corrected chi connectivity index (χ0v) is 5.64. The van der Waals surface area contributed by atoms with Crippen LogP contribution in [0.5, 0.6) is 0 Å². The summed E-state index contributed by atoms with van der Waals surface area (Å²) < 4.78 is 0. The van der Waals surface area contributed by atoms with Crippen molar-refractivity contribution in [3.05, 3.63) is 0 Å². The van der Waals surface area contributed by atoms with Crippen molar-refractivity contribution in [1.29, 1.82) is 0 Å². The molecule has 2 aliphatic carbocycles. The molecule has 2 saturated carbocycles. The first-order valence-corrected chi connectivity index (χ1v) is 3.86. The molecule has 0 saturated heterocycles. The fourth-order valence-electron chi connectivity index (χ4n) is 2.45. The number of hydrazine groups is 1. The maximum atomic E-state index is 5.37. The molecular weight excluding hydrogens is 112 g/mol. The van der Waals surface area contributed by atoms with Crippen molar-refractivity contribution in [2.45, 2.75) is 31.7 Å². The van der Waals surface area contributed by atoms with Crippen LogP contribution in [0.4, 0.5) is 0 Å². The van der Waals surface area contributed by atoms with Gasteiger partial charge in [-0.25, -0.2) is 0 Å². The molecule has 0 heterocycles. The van der Waals surface area contributed by atoms with Crippen molar-refractivity contribution in [3.63, 3.8) is 0 Å². The summed E-state index contributed by atoms with van der Waals surface area (Å²) in [6, 6.07) is 0.656. The summed E-state index contributed by atoms with van der Waals surface area (Å²) in [6.07, 6.45) is 5.65. The van der Waals surface area contributed by atoms with Crippen LogP contribution in [0.15, 0.2) is 0 Å². The number of hydrogen-bond acceptors (Lipinski definition) is 2. The van der Waals surface area contributed by atoms with Gasteiger partial charge in [-0.1, -0.05) is 6.42 Å². The van der Waals surface area contributed by atoms with E-state index in [1.807, 2.05) is 0 Å². The summed E-state index contributed by atoms with van der Waals surface area (Å²) in [5.74, 6) is 7.30. The highest BCUT2D eigenvalue weighted by Gasteiger charge is 2.38. The predicted octanol–water partition coefficient (Wildman–Crippen LogP) is 0.638. The Bertz CT molecular complexity index is 113. The van der Waals surface area contributed by atoms with E-state index in [1.54, 1.807) is 0 Å². The molecule has 2 heteroatoms. The monoisotopic (exact) mass is 126 g/mol. The lowest BCUT2D eigenvalue weighted by Gasteiger charge is -2.19. The van der Waals surface area contributed by atoms with Gasteiger partial charge in [0.2, 0.25) is 0 Å². The van der Waals surface area contributed by atoms with E-state index in [4.69, 9.17) is 5.84 Å². The molecule has 2 aliphatic rings. The molecule has 2 fully saturated rings. The van der Waals surface area contributed by atoms with Crippen LogP contribution in [-0.2, 0) is 0 Å². The highest BCUT2D eigenvalue weighted by atomic mass is 15.2. The minimum absolute atomic E-state index is 0.656. The summed E-state index contributed by atoms with van der Waals surface area (Å²) in [4.78, 5) is 0. The molecule has 2 nitrogen and oxygen atoms in total. The van der Waals surface area contributed by atoms with Crippen LogP contribution in [-0.4, -0.2) is 6.04 Å². The molecule has 0 aliphatic heterocycles. The molecule has 0 unspecified atom stereocenters. The van der Waals surface area contributed by atoms with E-state index in [1.165, 1.54) is 25.7 Å². The van der Waals surface area contributed by atoms with Crippen molar-refractivity contribution in [2.75, 3.05) is 0 Å². The van der Waals surface area contributed by atoms with E-state index in [0.29, 0.717) is 6.04 Å². The van der Waals surface area contributed by atoms with Gasteiger partial charge < -0.3 is 0 Å². The summed E-state index contributed by atoms with van der Waals surface area (Å²) in [6.45, 7) is 0. The van der Waals surface area contributed by atoms with Gasteiger partial charge in [0.1, 0.15) is 0 Å². The molecule has 0 amide bonds. The van der Waals surface area contributed by atoms with Crippen molar-refractivity contribution in [1.82, 2.24) is 5.43 Å². The van der Waals surface area contributed by atoms with Gasteiger partial charge in [-0.15, -0.1) is 0 Å². The Morgan fingerprint density at radius 3 is 2.44 bits per heavy atom. The Kier molecular flexibility index (Phi) is 1.24. The standard InChI is InChI=1S/C7H14N2/c8-9-7-4-5-1-2-6(7)3-5/h5-7,9H,1-4,8H2/t5-,6-,7+/m1/s1. The van der Waals surface area contributed by atoms with Crippen LogP contribution in [0.2, 0.25) is 0 Å². The Hall–Kier alpha value is -0.0800. The second-order valence-corrected chi connectivity index (χ2v) is 3.45. The summed E-state index contributed by atoms with van der Waals surface area (Å²) in [5.41, 5.74) is 2.90. The maximum absolute atomic E-state index is 5.37. The van der Waals surface area contributed by atoms with E-state index in [-0.39, 0.29) is 0 Å². The van der Waals surface area contributed by atoms with Crippen LogP contribution >= 0.6 is 0 Å². The number of fused-ring (bicyclic) bond motifs is 2. The lowest BCUT2D eigenvalue weighted by molar-refractivity contribution is 0.357. The van der Waals surface area contributed by atoms with E-state index < -0.39 is 0 Å². The molecule has 9 heavy (non-hydrogen) atoms. The molecule has 2 rings (SSSR count). The lowest BCUT2D eigenvalue weighted by atomic mass is 9.96. The normalized spacial score (nSPS) is 48.3. The second kappa shape index (κ2) is 1.96. The van der Waals surface area contributed by atoms with E-state index in [9.17, 15) is 0 Å². The Labute approximate surface area is 55.8 Å². The molecule has 0 radical (unpaired) electrons. The van der Waals surface area contributed by atoms with Gasteiger partial charge in [0.15, 0.2) is 0 Å². The van der Waals surface area contributed by atoms with Crippen molar-refractivity contribution >= 4 is 0 Å². The highest BCUT2D eigenvalue weighted by Crippen LogP contribution is 2.43. The van der Waals surface area contributed by atoms with Gasteiger partial charge in [-0.05, 0) is 31.1 Å². The first kappa shape index (κ1) is 5.69. The Balaban J connectivity index is 2.01. The summed E-state index contributed by atoms with van der Waals surface area (Å²) >= 11 is 0.